The van der Waals surface area contributed by atoms with E-state index in [9.17, 15) is 24.3 Å². The Balaban J connectivity index is 1.18. The summed E-state index contributed by atoms with van der Waals surface area (Å²) in [5.41, 5.74) is 4.13. The van der Waals surface area contributed by atoms with Gasteiger partial charge in [0.05, 0.1) is 17.7 Å². The van der Waals surface area contributed by atoms with Crippen molar-refractivity contribution in [1.82, 2.24) is 15.2 Å². The van der Waals surface area contributed by atoms with E-state index >= 15 is 0 Å². The highest BCUT2D eigenvalue weighted by Gasteiger charge is 2.55. The molecular formula is C38H29N3O6S3. The van der Waals surface area contributed by atoms with Gasteiger partial charge in [-0.2, -0.15) is 0 Å². The average molecular weight is 720 g/mol. The molecule has 1 fully saturated rings. The third kappa shape index (κ3) is 7.09. The van der Waals surface area contributed by atoms with Crippen molar-refractivity contribution in [1.29, 1.82) is 0 Å². The van der Waals surface area contributed by atoms with Crippen LogP contribution < -0.4 is 5.32 Å². The maximum atomic E-state index is 14.3. The fourth-order valence-electron chi connectivity index (χ4n) is 5.74. The van der Waals surface area contributed by atoms with Crippen LogP contribution in [-0.4, -0.2) is 55.9 Å². The minimum atomic E-state index is -1.01. The molecule has 9 nitrogen and oxygen atoms in total. The topological polar surface area (TPSA) is 126 Å². The maximum absolute atomic E-state index is 14.3. The molecule has 250 valence electrons. The van der Waals surface area contributed by atoms with Crippen molar-refractivity contribution < 1.29 is 29.0 Å². The molecule has 2 N–H and O–H groups in total. The first-order valence-corrected chi connectivity index (χ1v) is 18.4. The third-order valence-corrected chi connectivity index (χ3v) is 11.7. The molecule has 5 aromatic rings. The number of carbonyl (C=O) groups is 4. The molecule has 7 rings (SSSR count). The number of amides is 2. The van der Waals surface area contributed by atoms with Crippen molar-refractivity contribution in [3.05, 3.63) is 153 Å². The number of nitrogens with one attached hydrogen (secondary N) is 1. The molecule has 0 radical (unpaired) electrons. The van der Waals surface area contributed by atoms with Gasteiger partial charge < -0.3 is 15.2 Å². The van der Waals surface area contributed by atoms with Gasteiger partial charge in [0.2, 0.25) is 5.91 Å². The van der Waals surface area contributed by atoms with Gasteiger partial charge in [0, 0.05) is 21.6 Å². The van der Waals surface area contributed by atoms with E-state index in [1.807, 2.05) is 96.4 Å². The van der Waals surface area contributed by atoms with Gasteiger partial charge in [0.25, 0.3) is 5.91 Å². The standard InChI is InChI=1S/C38H29N3O6S3/c42-30(20-23-10-4-1-5-11-23)40-31-34(43)41-32(37(46)47-33(25-12-6-2-7-13-25)26-14-8-3-9-15-26)29(22-48-35(31)41)50-38-39-28(21-49-38)24-16-18-27(19-17-24)36(44)45/h1-19,21,31,33,35H,20,22H2,(H,40,42)(H,44,45)/t31-,35-/m1/s1. The van der Waals surface area contributed by atoms with Gasteiger partial charge in [-0.05, 0) is 28.8 Å². The first-order valence-electron chi connectivity index (χ1n) is 15.6. The Labute approximate surface area is 300 Å². The largest absolute Gasteiger partial charge is 0.478 e. The van der Waals surface area contributed by atoms with E-state index in [1.54, 1.807) is 12.1 Å². The first-order chi connectivity index (χ1) is 24.4. The number of carboxylic acids is 1. The van der Waals surface area contributed by atoms with E-state index in [4.69, 9.17) is 9.72 Å². The molecule has 2 aliphatic rings. The molecule has 12 heteroatoms. The number of thioether (sulfide) groups is 2. The average Bonchev–Trinajstić information content (AvgIpc) is 3.62. The number of rotatable bonds is 11. The van der Waals surface area contributed by atoms with E-state index in [0.717, 1.165) is 22.3 Å². The van der Waals surface area contributed by atoms with Crippen LogP contribution in [0.4, 0.5) is 0 Å². The molecule has 0 unspecified atom stereocenters. The lowest BCUT2D eigenvalue weighted by molar-refractivity contribution is -0.154. The monoisotopic (exact) mass is 719 g/mol. The molecule has 3 heterocycles. The molecule has 4 aromatic carbocycles. The fourth-order valence-corrected chi connectivity index (χ4v) is 9.20. The molecule has 2 amide bonds. The summed E-state index contributed by atoms with van der Waals surface area (Å²) in [5, 5.41) is 13.5. The van der Waals surface area contributed by atoms with Crippen LogP contribution in [0.3, 0.4) is 0 Å². The minimum Gasteiger partial charge on any atom is -0.478 e. The highest BCUT2D eigenvalue weighted by molar-refractivity contribution is 8.07. The van der Waals surface area contributed by atoms with Crippen LogP contribution in [0.15, 0.2) is 136 Å². The van der Waals surface area contributed by atoms with E-state index in [1.165, 1.54) is 51.9 Å². The smallest absolute Gasteiger partial charge is 0.356 e. The number of hydrogen-bond donors (Lipinski definition) is 2. The normalized spacial score (nSPS) is 16.8. The Morgan fingerprint density at radius 2 is 1.52 bits per heavy atom. The molecule has 0 aliphatic carbocycles. The number of esters is 1. The summed E-state index contributed by atoms with van der Waals surface area (Å²) in [6, 6.07) is 33.8. The first kappa shape index (κ1) is 33.3. The summed E-state index contributed by atoms with van der Waals surface area (Å²) in [4.78, 5) is 59.2. The van der Waals surface area contributed by atoms with Gasteiger partial charge in [0.1, 0.15) is 17.1 Å². The van der Waals surface area contributed by atoms with Crippen molar-refractivity contribution >= 4 is 58.6 Å². The van der Waals surface area contributed by atoms with Gasteiger partial charge in [-0.1, -0.05) is 115 Å². The molecule has 1 saturated heterocycles. The lowest BCUT2D eigenvalue weighted by Crippen LogP contribution is -2.70. The summed E-state index contributed by atoms with van der Waals surface area (Å²) in [6.07, 6.45) is -0.593. The fraction of sp³-hybridized carbons (Fsp3) is 0.132. The van der Waals surface area contributed by atoms with Crippen molar-refractivity contribution in [3.63, 3.8) is 0 Å². The number of thiazole rings is 1. The lowest BCUT2D eigenvalue weighted by Gasteiger charge is -2.49. The third-order valence-electron chi connectivity index (χ3n) is 8.20. The number of aromatic nitrogens is 1. The van der Waals surface area contributed by atoms with E-state index in [0.29, 0.717) is 20.7 Å². The van der Waals surface area contributed by atoms with E-state index < -0.39 is 29.5 Å². The van der Waals surface area contributed by atoms with Crippen molar-refractivity contribution in [2.45, 2.75) is 28.3 Å². The van der Waals surface area contributed by atoms with Crippen LogP contribution in [0.5, 0.6) is 0 Å². The van der Waals surface area contributed by atoms with E-state index in [-0.39, 0.29) is 29.5 Å². The predicted molar refractivity (Wildman–Crippen MR) is 193 cm³/mol. The van der Waals surface area contributed by atoms with Crippen molar-refractivity contribution in [2.24, 2.45) is 0 Å². The molecule has 2 atom stereocenters. The number of fused-ring (bicyclic) bond motifs is 1. The van der Waals surface area contributed by atoms with Crippen LogP contribution in [0.1, 0.15) is 33.2 Å². The zero-order valence-corrected chi connectivity index (χ0v) is 28.8. The number of benzene rings is 4. The second-order valence-electron chi connectivity index (χ2n) is 11.5. The molecule has 0 spiro atoms. The van der Waals surface area contributed by atoms with Gasteiger partial charge >= 0.3 is 11.9 Å². The zero-order valence-electron chi connectivity index (χ0n) is 26.3. The quantitative estimate of drug-likeness (QED) is 0.112. The number of nitrogens with zero attached hydrogens (tertiary/aromatic N) is 2. The van der Waals surface area contributed by atoms with Gasteiger partial charge in [-0.15, -0.1) is 23.1 Å². The molecule has 0 saturated carbocycles. The van der Waals surface area contributed by atoms with Gasteiger partial charge in [-0.25, -0.2) is 14.6 Å². The second-order valence-corrected chi connectivity index (χ2v) is 14.8. The molecule has 50 heavy (non-hydrogen) atoms. The SMILES string of the molecule is O=C(Cc1ccccc1)N[C@@H]1C(=O)N2C(C(=O)OC(c3ccccc3)c3ccccc3)=C(Sc3nc(-c4ccc(C(=O)O)cc4)cs3)CS[C@H]12. The van der Waals surface area contributed by atoms with E-state index in [2.05, 4.69) is 5.32 Å². The second kappa shape index (κ2) is 14.8. The molecule has 2 aliphatic heterocycles. The van der Waals surface area contributed by atoms with Crippen molar-refractivity contribution in [2.75, 3.05) is 5.75 Å². The Bertz CT molecular complexity index is 2030. The summed E-state index contributed by atoms with van der Waals surface area (Å²) >= 11 is 4.14. The molecule has 1 aromatic heterocycles. The van der Waals surface area contributed by atoms with Crippen LogP contribution in [-0.2, 0) is 25.5 Å². The van der Waals surface area contributed by atoms with Crippen LogP contribution in [0, 0.1) is 0 Å². The van der Waals surface area contributed by atoms with Crippen molar-refractivity contribution in [3.8, 4) is 11.3 Å². The Hall–Kier alpha value is -5.17. The number of hydrogen-bond acceptors (Lipinski definition) is 9. The highest BCUT2D eigenvalue weighted by Crippen LogP contribution is 2.47. The van der Waals surface area contributed by atoms with Gasteiger partial charge in [-0.3, -0.25) is 14.5 Å². The number of ether oxygens (including phenoxy) is 1. The number of carboxylic acid groups (broad SMARTS) is 1. The lowest BCUT2D eigenvalue weighted by atomic mass is 10.0. The highest BCUT2D eigenvalue weighted by atomic mass is 32.2. The summed E-state index contributed by atoms with van der Waals surface area (Å²) < 4.78 is 6.91. The van der Waals surface area contributed by atoms with Gasteiger partial charge in [0.15, 0.2) is 10.4 Å². The zero-order chi connectivity index (χ0) is 34.6. The van der Waals surface area contributed by atoms with Crippen LogP contribution >= 0.6 is 34.9 Å². The predicted octanol–water partition coefficient (Wildman–Crippen LogP) is 6.79. The Morgan fingerprint density at radius 1 is 0.900 bits per heavy atom. The Morgan fingerprint density at radius 3 is 2.14 bits per heavy atom. The van der Waals surface area contributed by atoms with Crippen LogP contribution in [0.2, 0.25) is 0 Å². The summed E-state index contributed by atoms with van der Waals surface area (Å²) in [5.74, 6) is -1.94. The number of aromatic carboxylic acids is 1. The minimum absolute atomic E-state index is 0.134. The number of carbonyl (C=O) groups excluding carboxylic acids is 3. The van der Waals surface area contributed by atoms with Crippen LogP contribution in [0.25, 0.3) is 11.3 Å². The Kier molecular flexibility index (Phi) is 9.83. The molecule has 0 bridgehead atoms. The number of β-lactam (4-membered cyclic amide) rings is 1. The maximum Gasteiger partial charge on any atom is 0.356 e. The molecular weight excluding hydrogens is 691 g/mol. The summed E-state index contributed by atoms with van der Waals surface area (Å²) in [7, 11) is 0. The summed E-state index contributed by atoms with van der Waals surface area (Å²) in [6.45, 7) is 0.